The molecule has 282 valence electrons. The van der Waals surface area contributed by atoms with Crippen molar-refractivity contribution in [2.45, 2.75) is 82.3 Å². The second-order valence-corrected chi connectivity index (χ2v) is 17.2. The van der Waals surface area contributed by atoms with Gasteiger partial charge in [0.05, 0.1) is 0 Å². The summed E-state index contributed by atoms with van der Waals surface area (Å²) >= 11 is -0.673. The third kappa shape index (κ3) is 7.87. The number of amides is 2. The molecule has 1 saturated heterocycles. The molecule has 3 aliphatic rings. The molecule has 3 aromatic rings. The van der Waals surface area contributed by atoms with Gasteiger partial charge in [-0.25, -0.2) is 0 Å². The molecule has 2 aromatic carbocycles. The zero-order valence-corrected chi connectivity index (χ0v) is 32.3. The number of aryl methyl sites for hydroxylation is 2. The van der Waals surface area contributed by atoms with Crippen molar-refractivity contribution in [1.29, 1.82) is 5.41 Å². The Morgan fingerprint density at radius 3 is 2.60 bits per heavy atom. The Hall–Kier alpha value is -4.23. The van der Waals surface area contributed by atoms with E-state index in [0.29, 0.717) is 29.3 Å². The van der Waals surface area contributed by atoms with Gasteiger partial charge in [0.1, 0.15) is 0 Å². The van der Waals surface area contributed by atoms with Crippen LogP contribution in [0.15, 0.2) is 41.8 Å². The first-order valence-electron chi connectivity index (χ1n) is 16.4. The van der Waals surface area contributed by atoms with Crippen molar-refractivity contribution < 1.29 is 45.2 Å². The SMILES string of the molecule is CC(O[As]=C(C(=O)NC1C(=O)N(OS(=O)(=O)O)C1(C)C)c1csc(N)n1)(C(=O)O)C1CCc2cc(C(=N)NCc3ccc4c(c3)CC[C@@H]4N)ccc2O1. The number of nitrogens with one attached hydrogen (secondary N) is 3. The van der Waals surface area contributed by atoms with Crippen LogP contribution in [0.1, 0.15) is 73.2 Å². The molecule has 0 spiro atoms. The Morgan fingerprint density at radius 2 is 1.94 bits per heavy atom. The van der Waals surface area contributed by atoms with Gasteiger partial charge in [-0.3, -0.25) is 0 Å². The summed E-state index contributed by atoms with van der Waals surface area (Å²) in [7, 11) is -5.01. The number of thiazole rings is 1. The molecule has 1 aromatic heterocycles. The zero-order chi connectivity index (χ0) is 38.5. The van der Waals surface area contributed by atoms with Crippen LogP contribution < -0.4 is 26.8 Å². The normalized spacial score (nSPS) is 21.8. The van der Waals surface area contributed by atoms with E-state index in [2.05, 4.69) is 32.0 Å². The van der Waals surface area contributed by atoms with Crippen molar-refractivity contribution in [3.63, 3.8) is 0 Å². The van der Waals surface area contributed by atoms with Gasteiger partial charge in [-0.15, -0.1) is 0 Å². The van der Waals surface area contributed by atoms with Crippen LogP contribution in [0.25, 0.3) is 0 Å². The number of anilines is 1. The number of nitrogens with zero attached hydrogens (tertiary/aromatic N) is 2. The molecule has 0 radical (unpaired) electrons. The summed E-state index contributed by atoms with van der Waals surface area (Å²) in [5.74, 6) is -2.43. The number of hydrogen-bond acceptors (Lipinski definition) is 13. The first kappa shape index (κ1) is 38.5. The molecule has 1 fully saturated rings. The fourth-order valence-corrected chi connectivity index (χ4v) is 9.38. The Labute approximate surface area is 315 Å². The Balaban J connectivity index is 1.15. The van der Waals surface area contributed by atoms with Crippen molar-refractivity contribution in [2.75, 3.05) is 5.73 Å². The minimum atomic E-state index is -5.01. The van der Waals surface area contributed by atoms with E-state index in [1.54, 1.807) is 12.1 Å². The third-order valence-electron chi connectivity index (χ3n) is 9.56. The summed E-state index contributed by atoms with van der Waals surface area (Å²) in [5.41, 5.74) is 13.7. The molecule has 2 aliphatic heterocycles. The number of carboxylic acid groups (broad SMARTS) is 1. The molecular weight excluding hydrogens is 793 g/mol. The summed E-state index contributed by atoms with van der Waals surface area (Å²) in [6, 6.07) is 10.2. The van der Waals surface area contributed by atoms with Crippen LogP contribution in [0.4, 0.5) is 5.13 Å². The standard InChI is InChI=1S/C33H38AsN7O10S2/c1-32(2)26(29(43)41(32)51-53(46,47)48)40-28(42)25(22-15-52-31(37)39-22)34-50-33(3,30(44)45)24-11-7-18-13-19(6-10-23(18)49-24)27(36)38-14-16-4-8-20-17(12-16)5-9-21(20)35/h4,6,8,10,12-13,15,21,24,26H,5,7,9,11,14,35H2,1-3H3,(H2,36,38)(H2,37,39)(H,40,42)(H,44,45)(H,46,47,48)/t21-,24?,26?,33?/m0/s1. The van der Waals surface area contributed by atoms with Crippen LogP contribution in [0.2, 0.25) is 0 Å². The topological polar surface area (TPSA) is 270 Å². The van der Waals surface area contributed by atoms with Gasteiger partial charge in [-0.1, -0.05) is 18.2 Å². The number of aromatic nitrogens is 1. The number of carbonyl (C=O) groups excluding carboxylic acids is 2. The van der Waals surface area contributed by atoms with E-state index in [-0.39, 0.29) is 33.4 Å². The maximum absolute atomic E-state index is 13.6. The van der Waals surface area contributed by atoms with Crippen LogP contribution in [-0.4, -0.2) is 95.0 Å². The van der Waals surface area contributed by atoms with Gasteiger partial charge in [-0.2, -0.15) is 0 Å². The number of nitrogen functional groups attached to an aromatic ring is 1. The van der Waals surface area contributed by atoms with E-state index < -0.39 is 67.1 Å². The number of fused-ring (bicyclic) bond motifs is 2. The fourth-order valence-electron chi connectivity index (χ4n) is 6.43. The number of ether oxygens (including phenoxy) is 1. The predicted molar refractivity (Wildman–Crippen MR) is 194 cm³/mol. The minimum absolute atomic E-state index is 0.0604. The summed E-state index contributed by atoms with van der Waals surface area (Å²) in [5, 5.41) is 26.8. The number of rotatable bonds is 12. The van der Waals surface area contributed by atoms with Crippen molar-refractivity contribution in [2.24, 2.45) is 5.73 Å². The van der Waals surface area contributed by atoms with E-state index in [1.165, 1.54) is 37.3 Å². The molecule has 6 rings (SSSR count). The number of amidine groups is 1. The molecule has 4 atom stereocenters. The first-order chi connectivity index (χ1) is 24.9. The first-order valence-corrected chi connectivity index (χ1v) is 20.3. The molecule has 1 aliphatic carbocycles. The number of β-lactam (4-membered cyclic amide) rings is 1. The second kappa shape index (κ2) is 14.5. The number of hydrogen-bond donors (Lipinski definition) is 7. The van der Waals surface area contributed by atoms with E-state index in [1.807, 2.05) is 12.1 Å². The van der Waals surface area contributed by atoms with Crippen molar-refractivity contribution >= 4 is 70.4 Å². The van der Waals surface area contributed by atoms with Gasteiger partial charge in [0.15, 0.2) is 0 Å². The van der Waals surface area contributed by atoms with Gasteiger partial charge < -0.3 is 5.73 Å². The number of aliphatic carboxylic acids is 1. The molecule has 9 N–H and O–H groups in total. The number of carboxylic acids is 1. The summed E-state index contributed by atoms with van der Waals surface area (Å²) in [6.07, 6.45) is 1.58. The summed E-state index contributed by atoms with van der Waals surface area (Å²) < 4.78 is 48.0. The number of hydroxylamine groups is 2. The summed E-state index contributed by atoms with van der Waals surface area (Å²) in [4.78, 5) is 43.2. The van der Waals surface area contributed by atoms with Gasteiger partial charge in [0.25, 0.3) is 0 Å². The quantitative estimate of drug-likeness (QED) is 0.0442. The van der Waals surface area contributed by atoms with Crippen molar-refractivity contribution in [3.8, 4) is 5.75 Å². The molecule has 0 saturated carbocycles. The molecular formula is C33H38AsN7O10S2. The number of carbonyl (C=O) groups is 3. The van der Waals surface area contributed by atoms with E-state index in [9.17, 15) is 27.9 Å². The van der Waals surface area contributed by atoms with Crippen LogP contribution in [0.3, 0.4) is 0 Å². The van der Waals surface area contributed by atoms with Gasteiger partial charge in [0.2, 0.25) is 0 Å². The second-order valence-electron chi connectivity index (χ2n) is 13.6. The monoisotopic (exact) mass is 831 g/mol. The van der Waals surface area contributed by atoms with Crippen molar-refractivity contribution in [1.82, 2.24) is 20.7 Å². The molecule has 0 bridgehead atoms. The van der Waals surface area contributed by atoms with Crippen LogP contribution >= 0.6 is 11.3 Å². The van der Waals surface area contributed by atoms with E-state index >= 15 is 0 Å². The fraction of sp³-hybridized carbons (Fsp3) is 0.394. The average molecular weight is 832 g/mol. The zero-order valence-electron chi connectivity index (χ0n) is 28.8. The average Bonchev–Trinajstić information content (AvgIpc) is 3.71. The molecule has 17 nitrogen and oxygen atoms in total. The van der Waals surface area contributed by atoms with Crippen LogP contribution in [0, 0.1) is 5.41 Å². The van der Waals surface area contributed by atoms with Gasteiger partial charge in [-0.05, 0) is 24.0 Å². The molecule has 53 heavy (non-hydrogen) atoms. The van der Waals surface area contributed by atoms with Crippen molar-refractivity contribution in [3.05, 3.63) is 75.3 Å². The van der Waals surface area contributed by atoms with E-state index in [0.717, 1.165) is 35.3 Å². The van der Waals surface area contributed by atoms with Gasteiger partial charge in [0, 0.05) is 6.04 Å². The predicted octanol–water partition coefficient (Wildman–Crippen LogP) is 1.02. The molecule has 3 unspecified atom stereocenters. The molecule has 20 heteroatoms. The Kier molecular flexibility index (Phi) is 10.6. The van der Waals surface area contributed by atoms with Crippen LogP contribution in [0.5, 0.6) is 5.75 Å². The Bertz CT molecular complexity index is 2140. The van der Waals surface area contributed by atoms with E-state index in [4.69, 9.17) is 29.9 Å². The Morgan fingerprint density at radius 1 is 1.21 bits per heavy atom. The summed E-state index contributed by atoms with van der Waals surface area (Å²) in [6.45, 7) is 4.63. The maximum atomic E-state index is 13.6. The number of nitrogens with two attached hydrogens (primary N) is 2. The molecule has 3 heterocycles. The van der Waals surface area contributed by atoms with Crippen LogP contribution in [-0.2, 0) is 52.2 Å². The van der Waals surface area contributed by atoms with Gasteiger partial charge >= 0.3 is 263 Å². The third-order valence-corrected chi connectivity index (χ3v) is 12.8. The molecule has 2 amide bonds. The number of benzene rings is 2.